The highest BCUT2D eigenvalue weighted by atomic mass is 15.3. The molecule has 0 amide bonds. The van der Waals surface area contributed by atoms with Crippen LogP contribution in [-0.4, -0.2) is 23.1 Å². The number of anilines is 1. The zero-order valence-electron chi connectivity index (χ0n) is 7.44. The quantitative estimate of drug-likeness (QED) is 0.669. The molecule has 0 unspecified atom stereocenters. The average molecular weight is 174 g/mol. The summed E-state index contributed by atoms with van der Waals surface area (Å²) in [6, 6.07) is 4.20. The lowest BCUT2D eigenvalue weighted by molar-refractivity contribution is 0.858. The molecule has 1 fully saturated rings. The molecule has 1 aliphatic rings. The number of rotatable bonds is 2. The van der Waals surface area contributed by atoms with Crippen molar-refractivity contribution in [3.63, 3.8) is 0 Å². The number of nitrogens with zero attached hydrogens (tertiary/aromatic N) is 4. The maximum Gasteiger partial charge on any atom is 0.226 e. The predicted molar refractivity (Wildman–Crippen MR) is 48.2 cm³/mol. The van der Waals surface area contributed by atoms with E-state index in [9.17, 15) is 0 Å². The van der Waals surface area contributed by atoms with E-state index in [0.29, 0.717) is 17.7 Å². The first kappa shape index (κ1) is 7.99. The Hall–Kier alpha value is -1.63. The Kier molecular flexibility index (Phi) is 1.85. The van der Waals surface area contributed by atoms with Crippen molar-refractivity contribution in [2.75, 3.05) is 11.9 Å². The van der Waals surface area contributed by atoms with Gasteiger partial charge in [-0.2, -0.15) is 5.26 Å². The SMILES string of the molecule is CN(c1nccc(C#N)n1)C1CC1. The van der Waals surface area contributed by atoms with Crippen LogP contribution in [0.5, 0.6) is 0 Å². The first-order chi connectivity index (χ1) is 6.31. The average Bonchev–Trinajstić information content (AvgIpc) is 3.00. The van der Waals surface area contributed by atoms with Crippen molar-refractivity contribution < 1.29 is 0 Å². The summed E-state index contributed by atoms with van der Waals surface area (Å²) in [5, 5.41) is 8.64. The summed E-state index contributed by atoms with van der Waals surface area (Å²) in [7, 11) is 1.97. The third-order valence-corrected chi connectivity index (χ3v) is 2.17. The van der Waals surface area contributed by atoms with Crippen LogP contribution in [-0.2, 0) is 0 Å². The molecule has 0 N–H and O–H groups in total. The van der Waals surface area contributed by atoms with Gasteiger partial charge in [0.25, 0.3) is 0 Å². The Morgan fingerprint density at radius 1 is 1.62 bits per heavy atom. The summed E-state index contributed by atoms with van der Waals surface area (Å²) in [4.78, 5) is 10.2. The first-order valence-electron chi connectivity index (χ1n) is 4.27. The fourth-order valence-electron chi connectivity index (χ4n) is 1.21. The van der Waals surface area contributed by atoms with Gasteiger partial charge < -0.3 is 4.90 Å². The molecule has 1 aromatic rings. The second-order valence-electron chi connectivity index (χ2n) is 3.20. The van der Waals surface area contributed by atoms with Crippen molar-refractivity contribution >= 4 is 5.95 Å². The monoisotopic (exact) mass is 174 g/mol. The molecule has 66 valence electrons. The van der Waals surface area contributed by atoms with E-state index in [0.717, 1.165) is 0 Å². The van der Waals surface area contributed by atoms with E-state index in [2.05, 4.69) is 9.97 Å². The molecule has 0 atom stereocenters. The Labute approximate surface area is 76.8 Å². The van der Waals surface area contributed by atoms with Crippen molar-refractivity contribution in [1.29, 1.82) is 5.26 Å². The normalized spacial score (nSPS) is 15.1. The summed E-state index contributed by atoms with van der Waals surface area (Å²) < 4.78 is 0. The van der Waals surface area contributed by atoms with Crippen LogP contribution in [0.4, 0.5) is 5.95 Å². The molecule has 0 bridgehead atoms. The minimum atomic E-state index is 0.428. The van der Waals surface area contributed by atoms with Crippen molar-refractivity contribution in [3.05, 3.63) is 18.0 Å². The van der Waals surface area contributed by atoms with Crippen LogP contribution >= 0.6 is 0 Å². The summed E-state index contributed by atoms with van der Waals surface area (Å²) in [6.45, 7) is 0. The fourth-order valence-corrected chi connectivity index (χ4v) is 1.21. The zero-order valence-corrected chi connectivity index (χ0v) is 7.44. The smallest absolute Gasteiger partial charge is 0.226 e. The lowest BCUT2D eigenvalue weighted by Gasteiger charge is -2.15. The Balaban J connectivity index is 2.24. The summed E-state index contributed by atoms with van der Waals surface area (Å²) in [5.41, 5.74) is 0.428. The standard InChI is InChI=1S/C9H10N4/c1-13(8-2-3-8)9-11-5-4-7(6-10)12-9/h4-5,8H,2-3H2,1H3. The van der Waals surface area contributed by atoms with Crippen LogP contribution in [0.15, 0.2) is 12.3 Å². The number of aromatic nitrogens is 2. The van der Waals surface area contributed by atoms with Crippen LogP contribution in [0.3, 0.4) is 0 Å². The molecule has 2 rings (SSSR count). The van der Waals surface area contributed by atoms with Crippen LogP contribution in [0, 0.1) is 11.3 Å². The van der Waals surface area contributed by atoms with E-state index in [1.54, 1.807) is 12.3 Å². The van der Waals surface area contributed by atoms with Crippen molar-refractivity contribution in [3.8, 4) is 6.07 Å². The molecule has 0 aliphatic heterocycles. The lowest BCUT2D eigenvalue weighted by Crippen LogP contribution is -2.22. The fraction of sp³-hybridized carbons (Fsp3) is 0.444. The predicted octanol–water partition coefficient (Wildman–Crippen LogP) is 0.947. The molecule has 1 saturated carbocycles. The van der Waals surface area contributed by atoms with Crippen LogP contribution in [0.25, 0.3) is 0 Å². The van der Waals surface area contributed by atoms with Gasteiger partial charge in [-0.25, -0.2) is 9.97 Å². The summed E-state index contributed by atoms with van der Waals surface area (Å²) in [5.74, 6) is 0.654. The minimum absolute atomic E-state index is 0.428. The molecule has 0 aromatic carbocycles. The van der Waals surface area contributed by atoms with Gasteiger partial charge in [0.15, 0.2) is 0 Å². The number of nitriles is 1. The highest BCUT2D eigenvalue weighted by molar-refractivity contribution is 5.35. The van der Waals surface area contributed by atoms with Gasteiger partial charge in [0.2, 0.25) is 5.95 Å². The van der Waals surface area contributed by atoms with E-state index in [4.69, 9.17) is 5.26 Å². The van der Waals surface area contributed by atoms with Gasteiger partial charge >= 0.3 is 0 Å². The van der Waals surface area contributed by atoms with E-state index in [1.807, 2.05) is 18.0 Å². The highest BCUT2D eigenvalue weighted by Gasteiger charge is 2.27. The second kappa shape index (κ2) is 3.02. The molecule has 0 spiro atoms. The third kappa shape index (κ3) is 1.59. The van der Waals surface area contributed by atoms with E-state index >= 15 is 0 Å². The minimum Gasteiger partial charge on any atom is -0.341 e. The third-order valence-electron chi connectivity index (χ3n) is 2.17. The molecular formula is C9H10N4. The van der Waals surface area contributed by atoms with Gasteiger partial charge in [0, 0.05) is 19.3 Å². The maximum absolute atomic E-state index is 8.64. The van der Waals surface area contributed by atoms with E-state index < -0.39 is 0 Å². The number of hydrogen-bond donors (Lipinski definition) is 0. The molecule has 4 heteroatoms. The molecular weight excluding hydrogens is 164 g/mol. The lowest BCUT2D eigenvalue weighted by atomic mass is 10.4. The van der Waals surface area contributed by atoms with Gasteiger partial charge in [-0.3, -0.25) is 0 Å². The van der Waals surface area contributed by atoms with Gasteiger partial charge in [-0.05, 0) is 18.9 Å². The zero-order chi connectivity index (χ0) is 9.26. The van der Waals surface area contributed by atoms with E-state index in [1.165, 1.54) is 12.8 Å². The molecule has 13 heavy (non-hydrogen) atoms. The molecule has 1 heterocycles. The van der Waals surface area contributed by atoms with Gasteiger partial charge in [0.1, 0.15) is 11.8 Å². The van der Waals surface area contributed by atoms with Crippen LogP contribution < -0.4 is 4.90 Å². The Morgan fingerprint density at radius 3 is 3.00 bits per heavy atom. The Morgan fingerprint density at radius 2 is 2.38 bits per heavy atom. The van der Waals surface area contributed by atoms with Crippen molar-refractivity contribution in [2.45, 2.75) is 18.9 Å². The largest absolute Gasteiger partial charge is 0.341 e. The summed E-state index contributed by atoms with van der Waals surface area (Å²) >= 11 is 0. The Bertz CT molecular complexity index is 351. The second-order valence-corrected chi connectivity index (χ2v) is 3.20. The highest BCUT2D eigenvalue weighted by Crippen LogP contribution is 2.27. The van der Waals surface area contributed by atoms with Crippen molar-refractivity contribution in [2.24, 2.45) is 0 Å². The van der Waals surface area contributed by atoms with Gasteiger partial charge in [0.05, 0.1) is 0 Å². The van der Waals surface area contributed by atoms with Crippen LogP contribution in [0.2, 0.25) is 0 Å². The number of hydrogen-bond acceptors (Lipinski definition) is 4. The first-order valence-corrected chi connectivity index (χ1v) is 4.27. The topological polar surface area (TPSA) is 52.8 Å². The molecule has 0 radical (unpaired) electrons. The van der Waals surface area contributed by atoms with E-state index in [-0.39, 0.29) is 0 Å². The maximum atomic E-state index is 8.64. The van der Waals surface area contributed by atoms with Gasteiger partial charge in [-0.15, -0.1) is 0 Å². The molecule has 1 aromatic heterocycles. The molecule has 1 aliphatic carbocycles. The summed E-state index contributed by atoms with van der Waals surface area (Å²) in [6.07, 6.45) is 4.03. The molecule has 4 nitrogen and oxygen atoms in total. The van der Waals surface area contributed by atoms with Gasteiger partial charge in [-0.1, -0.05) is 0 Å². The van der Waals surface area contributed by atoms with Crippen LogP contribution in [0.1, 0.15) is 18.5 Å². The molecule has 0 saturated heterocycles. The van der Waals surface area contributed by atoms with Crippen molar-refractivity contribution in [1.82, 2.24) is 9.97 Å².